The van der Waals surface area contributed by atoms with Crippen molar-refractivity contribution in [1.82, 2.24) is 15.1 Å². The quantitative estimate of drug-likeness (QED) is 0.615. The van der Waals surface area contributed by atoms with Gasteiger partial charge in [0, 0.05) is 32.1 Å². The van der Waals surface area contributed by atoms with Crippen molar-refractivity contribution in [1.29, 1.82) is 0 Å². The van der Waals surface area contributed by atoms with Gasteiger partial charge in [0.1, 0.15) is 12.3 Å². The maximum Gasteiger partial charge on any atom is 0.324 e. The average molecular weight is 490 g/mol. The SMILES string of the molecule is CC1CC(F)(c2ccccc2)CCN1CCCNC(=O)N1C(=O)COCC1c1ccc(F)c(F)c1. The van der Waals surface area contributed by atoms with Gasteiger partial charge in [-0.3, -0.25) is 9.69 Å². The summed E-state index contributed by atoms with van der Waals surface area (Å²) in [5, 5.41) is 2.75. The van der Waals surface area contributed by atoms with Crippen LogP contribution < -0.4 is 5.32 Å². The minimum absolute atomic E-state index is 0.00190. The van der Waals surface area contributed by atoms with Crippen LogP contribution in [0.25, 0.3) is 0 Å². The minimum Gasteiger partial charge on any atom is -0.369 e. The van der Waals surface area contributed by atoms with Crippen molar-refractivity contribution >= 4 is 11.9 Å². The van der Waals surface area contributed by atoms with E-state index in [2.05, 4.69) is 10.2 Å². The van der Waals surface area contributed by atoms with Gasteiger partial charge in [0.25, 0.3) is 5.91 Å². The zero-order valence-electron chi connectivity index (χ0n) is 19.7. The van der Waals surface area contributed by atoms with Crippen molar-refractivity contribution in [3.63, 3.8) is 0 Å². The Bertz CT molecular complexity index is 1050. The third-order valence-electron chi connectivity index (χ3n) is 6.86. The molecule has 2 heterocycles. The average Bonchev–Trinajstić information content (AvgIpc) is 2.85. The minimum atomic E-state index is -1.34. The van der Waals surface area contributed by atoms with Gasteiger partial charge in [-0.15, -0.1) is 0 Å². The van der Waals surface area contributed by atoms with Gasteiger partial charge in [0.15, 0.2) is 11.6 Å². The van der Waals surface area contributed by atoms with Gasteiger partial charge >= 0.3 is 6.03 Å². The maximum absolute atomic E-state index is 15.5. The van der Waals surface area contributed by atoms with E-state index in [-0.39, 0.29) is 24.8 Å². The van der Waals surface area contributed by atoms with Crippen molar-refractivity contribution in [2.45, 2.75) is 43.9 Å². The van der Waals surface area contributed by atoms with Crippen LogP contribution in [0.15, 0.2) is 48.5 Å². The molecule has 1 N–H and O–H groups in total. The molecule has 0 spiro atoms. The number of amides is 3. The predicted octanol–water partition coefficient (Wildman–Crippen LogP) is 4.31. The molecule has 3 unspecified atom stereocenters. The Morgan fingerprint density at radius 1 is 1.17 bits per heavy atom. The second-order valence-corrected chi connectivity index (χ2v) is 9.22. The molecule has 2 aliphatic rings. The van der Waals surface area contributed by atoms with E-state index in [4.69, 9.17) is 4.74 Å². The zero-order chi connectivity index (χ0) is 25.0. The summed E-state index contributed by atoms with van der Waals surface area (Å²) in [6.07, 6.45) is 1.43. The molecule has 188 valence electrons. The van der Waals surface area contributed by atoms with Crippen LogP contribution in [-0.2, 0) is 15.2 Å². The van der Waals surface area contributed by atoms with E-state index in [1.54, 1.807) is 0 Å². The van der Waals surface area contributed by atoms with Crippen molar-refractivity contribution in [3.8, 4) is 0 Å². The fraction of sp³-hybridized carbons (Fsp3) is 0.462. The number of piperidine rings is 1. The van der Waals surface area contributed by atoms with Crippen LogP contribution >= 0.6 is 0 Å². The van der Waals surface area contributed by atoms with Gasteiger partial charge in [-0.05, 0) is 43.0 Å². The number of carbonyl (C=O) groups excluding carboxylic acids is 2. The fourth-order valence-electron chi connectivity index (χ4n) is 4.93. The number of carbonyl (C=O) groups is 2. The molecule has 6 nitrogen and oxygen atoms in total. The number of morpholine rings is 1. The molecule has 2 aromatic rings. The van der Waals surface area contributed by atoms with Crippen LogP contribution in [0.5, 0.6) is 0 Å². The molecule has 2 aliphatic heterocycles. The first kappa shape index (κ1) is 25.2. The molecular weight excluding hydrogens is 459 g/mol. The second-order valence-electron chi connectivity index (χ2n) is 9.22. The summed E-state index contributed by atoms with van der Waals surface area (Å²) in [4.78, 5) is 28.4. The normalized spacial score (nSPS) is 25.5. The maximum atomic E-state index is 15.5. The first-order chi connectivity index (χ1) is 16.8. The summed E-state index contributed by atoms with van der Waals surface area (Å²) in [6, 6.07) is 11.1. The third kappa shape index (κ3) is 5.67. The van der Waals surface area contributed by atoms with E-state index in [0.717, 1.165) is 17.0 Å². The number of benzene rings is 2. The predicted molar refractivity (Wildman–Crippen MR) is 124 cm³/mol. The van der Waals surface area contributed by atoms with Crippen LogP contribution in [0.1, 0.15) is 43.4 Å². The summed E-state index contributed by atoms with van der Waals surface area (Å²) >= 11 is 0. The molecule has 2 saturated heterocycles. The summed E-state index contributed by atoms with van der Waals surface area (Å²) in [5.41, 5.74) is -0.344. The molecular formula is C26H30F3N3O3. The molecule has 35 heavy (non-hydrogen) atoms. The Morgan fingerprint density at radius 3 is 2.66 bits per heavy atom. The number of hydrogen-bond acceptors (Lipinski definition) is 4. The lowest BCUT2D eigenvalue weighted by Gasteiger charge is -2.41. The Hall–Kier alpha value is -2.91. The molecule has 0 bridgehead atoms. The molecule has 3 atom stereocenters. The molecule has 3 amide bonds. The smallest absolute Gasteiger partial charge is 0.324 e. The van der Waals surface area contributed by atoms with Crippen molar-refractivity contribution in [2.75, 3.05) is 32.8 Å². The highest BCUT2D eigenvalue weighted by Crippen LogP contribution is 2.39. The Balaban J connectivity index is 1.29. The number of nitrogens with zero attached hydrogens (tertiary/aromatic N) is 2. The van der Waals surface area contributed by atoms with Crippen LogP contribution in [0.3, 0.4) is 0 Å². The number of alkyl halides is 1. The lowest BCUT2D eigenvalue weighted by atomic mass is 9.83. The van der Waals surface area contributed by atoms with Gasteiger partial charge in [-0.25, -0.2) is 18.0 Å². The Labute approximate surface area is 203 Å². The van der Waals surface area contributed by atoms with Gasteiger partial charge in [0.05, 0.1) is 12.6 Å². The molecule has 0 aromatic heterocycles. The van der Waals surface area contributed by atoms with E-state index >= 15 is 4.39 Å². The molecule has 0 saturated carbocycles. The van der Waals surface area contributed by atoms with E-state index in [0.29, 0.717) is 44.5 Å². The molecule has 0 radical (unpaired) electrons. The van der Waals surface area contributed by atoms with Gasteiger partial charge in [-0.2, -0.15) is 0 Å². The van der Waals surface area contributed by atoms with Crippen molar-refractivity contribution < 1.29 is 27.5 Å². The van der Waals surface area contributed by atoms with Crippen molar-refractivity contribution in [3.05, 3.63) is 71.3 Å². The lowest BCUT2D eigenvalue weighted by Crippen LogP contribution is -2.52. The van der Waals surface area contributed by atoms with E-state index < -0.39 is 35.3 Å². The number of hydrogen-bond donors (Lipinski definition) is 1. The number of urea groups is 1. The Kier molecular flexibility index (Phi) is 7.76. The summed E-state index contributed by atoms with van der Waals surface area (Å²) in [5.74, 6) is -2.61. The molecule has 2 aromatic carbocycles. The highest BCUT2D eigenvalue weighted by Gasteiger charge is 2.39. The van der Waals surface area contributed by atoms with Crippen LogP contribution in [0.2, 0.25) is 0 Å². The van der Waals surface area contributed by atoms with Crippen LogP contribution in [0, 0.1) is 11.6 Å². The van der Waals surface area contributed by atoms with Crippen LogP contribution in [0.4, 0.5) is 18.0 Å². The number of rotatable bonds is 6. The summed E-state index contributed by atoms with van der Waals surface area (Å²) < 4.78 is 47.8. The largest absolute Gasteiger partial charge is 0.369 e. The zero-order valence-corrected chi connectivity index (χ0v) is 19.7. The number of nitrogens with one attached hydrogen (secondary N) is 1. The molecule has 9 heteroatoms. The van der Waals surface area contributed by atoms with Gasteiger partial charge in [0.2, 0.25) is 0 Å². The van der Waals surface area contributed by atoms with Gasteiger partial charge in [-0.1, -0.05) is 36.4 Å². The number of imide groups is 1. The number of likely N-dealkylation sites (tertiary alicyclic amines) is 1. The summed E-state index contributed by atoms with van der Waals surface area (Å²) in [6.45, 7) is 3.36. The fourth-order valence-corrected chi connectivity index (χ4v) is 4.93. The molecule has 4 rings (SSSR count). The lowest BCUT2D eigenvalue weighted by molar-refractivity contribution is -0.143. The van der Waals surface area contributed by atoms with Gasteiger partial charge < -0.3 is 15.0 Å². The highest BCUT2D eigenvalue weighted by molar-refractivity contribution is 5.96. The van der Waals surface area contributed by atoms with Crippen molar-refractivity contribution in [2.24, 2.45) is 0 Å². The molecule has 0 aliphatic carbocycles. The van der Waals surface area contributed by atoms with Crippen LogP contribution in [-0.4, -0.2) is 60.6 Å². The standard InChI is InChI=1S/C26H30F3N3O3/c1-18-15-26(29,20-6-3-2-4-7-20)10-13-31(18)12-5-11-30-25(34)32-23(16-35-17-24(32)33)19-8-9-21(27)22(28)14-19/h2-4,6-9,14,18,23H,5,10-13,15-17H2,1H3,(H,30,34). The monoisotopic (exact) mass is 489 g/mol. The second kappa shape index (κ2) is 10.8. The number of halogens is 3. The number of ether oxygens (including phenoxy) is 1. The first-order valence-corrected chi connectivity index (χ1v) is 11.9. The molecule has 2 fully saturated rings. The third-order valence-corrected chi connectivity index (χ3v) is 6.86. The Morgan fingerprint density at radius 2 is 1.94 bits per heavy atom. The van der Waals surface area contributed by atoms with E-state index in [1.807, 2.05) is 37.3 Å². The topological polar surface area (TPSA) is 61.9 Å². The van der Waals surface area contributed by atoms with E-state index in [1.165, 1.54) is 6.07 Å². The van der Waals surface area contributed by atoms with E-state index in [9.17, 15) is 18.4 Å². The highest BCUT2D eigenvalue weighted by atomic mass is 19.2. The summed E-state index contributed by atoms with van der Waals surface area (Å²) in [7, 11) is 0. The first-order valence-electron chi connectivity index (χ1n) is 11.9.